The second-order valence-electron chi connectivity index (χ2n) is 6.36. The Balaban J connectivity index is 1.79. The van der Waals surface area contributed by atoms with Crippen LogP contribution in [0.25, 0.3) is 0 Å². The summed E-state index contributed by atoms with van der Waals surface area (Å²) in [5.74, 6) is -0.248. The second-order valence-corrected chi connectivity index (χ2v) is 8.29. The van der Waals surface area contributed by atoms with Gasteiger partial charge in [0, 0.05) is 24.3 Å². The van der Waals surface area contributed by atoms with Crippen molar-refractivity contribution in [3.63, 3.8) is 0 Å². The summed E-state index contributed by atoms with van der Waals surface area (Å²) < 4.78 is 26.5. The second kappa shape index (κ2) is 6.98. The van der Waals surface area contributed by atoms with E-state index in [2.05, 4.69) is 5.32 Å². The van der Waals surface area contributed by atoms with Crippen molar-refractivity contribution in [2.45, 2.75) is 31.6 Å². The van der Waals surface area contributed by atoms with Crippen LogP contribution >= 0.6 is 0 Å². The van der Waals surface area contributed by atoms with E-state index in [9.17, 15) is 13.2 Å². The molecule has 1 saturated heterocycles. The maximum Gasteiger partial charge on any atom is 0.255 e. The summed E-state index contributed by atoms with van der Waals surface area (Å²) in [5.41, 5.74) is 3.20. The molecule has 1 aliphatic rings. The van der Waals surface area contributed by atoms with Crippen molar-refractivity contribution in [1.82, 2.24) is 4.31 Å². The van der Waals surface area contributed by atoms with Gasteiger partial charge in [0.05, 0.1) is 4.90 Å². The topological polar surface area (TPSA) is 66.5 Å². The molecule has 1 amide bonds. The van der Waals surface area contributed by atoms with Gasteiger partial charge in [0.1, 0.15) is 0 Å². The molecule has 25 heavy (non-hydrogen) atoms. The normalized spacial score (nSPS) is 15.3. The zero-order chi connectivity index (χ0) is 18.0. The Kier molecular flexibility index (Phi) is 4.92. The molecule has 1 fully saturated rings. The minimum Gasteiger partial charge on any atom is -0.322 e. The molecule has 1 N–H and O–H groups in total. The highest BCUT2D eigenvalue weighted by Crippen LogP contribution is 2.23. The van der Waals surface area contributed by atoms with Gasteiger partial charge in [-0.25, -0.2) is 8.42 Å². The third-order valence-corrected chi connectivity index (χ3v) is 6.45. The average Bonchev–Trinajstić information content (AvgIpc) is 3.14. The molecule has 0 bridgehead atoms. The summed E-state index contributed by atoms with van der Waals surface area (Å²) in [6, 6.07) is 12.0. The number of aryl methyl sites for hydroxylation is 2. The zero-order valence-electron chi connectivity index (χ0n) is 14.5. The maximum atomic E-state index is 12.5. The first kappa shape index (κ1) is 17.6. The largest absolute Gasteiger partial charge is 0.322 e. The molecule has 3 rings (SSSR count). The van der Waals surface area contributed by atoms with Gasteiger partial charge in [-0.2, -0.15) is 4.31 Å². The van der Waals surface area contributed by atoms with Crippen LogP contribution in [0.5, 0.6) is 0 Å². The van der Waals surface area contributed by atoms with E-state index in [0.717, 1.165) is 29.7 Å². The minimum atomic E-state index is -3.45. The Labute approximate surface area is 148 Å². The Morgan fingerprint density at radius 2 is 1.52 bits per heavy atom. The van der Waals surface area contributed by atoms with Crippen molar-refractivity contribution in [2.75, 3.05) is 18.4 Å². The molecule has 6 heteroatoms. The lowest BCUT2D eigenvalue weighted by atomic mass is 10.1. The number of carbonyl (C=O) groups is 1. The maximum absolute atomic E-state index is 12.5. The molecule has 132 valence electrons. The highest BCUT2D eigenvalue weighted by atomic mass is 32.2. The van der Waals surface area contributed by atoms with Gasteiger partial charge >= 0.3 is 0 Å². The third-order valence-electron chi connectivity index (χ3n) is 4.54. The fraction of sp³-hybridized carbons (Fsp3) is 0.316. The van der Waals surface area contributed by atoms with Crippen LogP contribution in [0.2, 0.25) is 0 Å². The predicted octanol–water partition coefficient (Wildman–Crippen LogP) is 3.34. The first-order valence-corrected chi connectivity index (χ1v) is 9.81. The Bertz CT molecular complexity index is 863. The van der Waals surface area contributed by atoms with Crippen molar-refractivity contribution >= 4 is 21.6 Å². The lowest BCUT2D eigenvalue weighted by molar-refractivity contribution is 0.102. The summed E-state index contributed by atoms with van der Waals surface area (Å²) in [4.78, 5) is 12.7. The predicted molar refractivity (Wildman–Crippen MR) is 98.3 cm³/mol. The standard InChI is InChI=1S/C19H22N2O3S/c1-14-6-5-7-15(2)18(14)20-19(22)16-8-10-17(11-9-16)25(23,24)21-12-3-4-13-21/h5-11H,3-4,12-13H2,1-2H3,(H,20,22). The average molecular weight is 358 g/mol. The Morgan fingerprint density at radius 3 is 2.08 bits per heavy atom. The van der Waals surface area contributed by atoms with Crippen LogP contribution in [0.4, 0.5) is 5.69 Å². The number of para-hydroxylation sites is 1. The molecule has 0 radical (unpaired) electrons. The molecular weight excluding hydrogens is 336 g/mol. The number of nitrogens with zero attached hydrogens (tertiary/aromatic N) is 1. The molecule has 1 heterocycles. The molecule has 2 aromatic carbocycles. The van der Waals surface area contributed by atoms with Gasteiger partial charge in [-0.1, -0.05) is 18.2 Å². The summed E-state index contributed by atoms with van der Waals surface area (Å²) in [6.07, 6.45) is 1.80. The number of rotatable bonds is 4. The van der Waals surface area contributed by atoms with Crippen molar-refractivity contribution in [3.05, 3.63) is 59.2 Å². The van der Waals surface area contributed by atoms with E-state index in [1.807, 2.05) is 32.0 Å². The van der Waals surface area contributed by atoms with Gasteiger partial charge in [0.2, 0.25) is 10.0 Å². The van der Waals surface area contributed by atoms with Crippen LogP contribution < -0.4 is 5.32 Å². The number of hydrogen-bond acceptors (Lipinski definition) is 3. The first-order chi connectivity index (χ1) is 11.9. The Morgan fingerprint density at radius 1 is 0.960 bits per heavy atom. The van der Waals surface area contributed by atoms with Crippen molar-refractivity contribution < 1.29 is 13.2 Å². The summed E-state index contributed by atoms with van der Waals surface area (Å²) in [5, 5.41) is 2.91. The van der Waals surface area contributed by atoms with Crippen molar-refractivity contribution in [3.8, 4) is 0 Å². The molecule has 0 aliphatic carbocycles. The number of benzene rings is 2. The fourth-order valence-corrected chi connectivity index (χ4v) is 4.57. The van der Waals surface area contributed by atoms with Gasteiger partial charge in [-0.3, -0.25) is 4.79 Å². The van der Waals surface area contributed by atoms with Crippen LogP contribution in [0.1, 0.15) is 34.3 Å². The number of hydrogen-bond donors (Lipinski definition) is 1. The molecule has 0 aromatic heterocycles. The van der Waals surface area contributed by atoms with Gasteiger partial charge < -0.3 is 5.32 Å². The Hall–Kier alpha value is -2.18. The third kappa shape index (κ3) is 3.60. The minimum absolute atomic E-state index is 0.234. The molecule has 0 saturated carbocycles. The SMILES string of the molecule is Cc1cccc(C)c1NC(=O)c1ccc(S(=O)(=O)N2CCCC2)cc1. The number of nitrogens with one attached hydrogen (secondary N) is 1. The lowest BCUT2D eigenvalue weighted by Crippen LogP contribution is -2.27. The summed E-state index contributed by atoms with van der Waals surface area (Å²) in [6.45, 7) is 5.01. The van der Waals surface area contributed by atoms with E-state index >= 15 is 0 Å². The van der Waals surface area contributed by atoms with Crippen LogP contribution in [-0.4, -0.2) is 31.7 Å². The number of amides is 1. The molecule has 1 aliphatic heterocycles. The zero-order valence-corrected chi connectivity index (χ0v) is 15.3. The highest BCUT2D eigenvalue weighted by Gasteiger charge is 2.27. The van der Waals surface area contributed by atoms with Crippen molar-refractivity contribution in [2.24, 2.45) is 0 Å². The van der Waals surface area contributed by atoms with E-state index in [-0.39, 0.29) is 10.8 Å². The van der Waals surface area contributed by atoms with Gasteiger partial charge in [0.25, 0.3) is 5.91 Å². The smallest absolute Gasteiger partial charge is 0.255 e. The number of anilines is 1. The highest BCUT2D eigenvalue weighted by molar-refractivity contribution is 7.89. The van der Waals surface area contributed by atoms with E-state index in [0.29, 0.717) is 18.7 Å². The van der Waals surface area contributed by atoms with Crippen LogP contribution in [0, 0.1) is 13.8 Å². The summed E-state index contributed by atoms with van der Waals surface area (Å²) >= 11 is 0. The molecule has 0 atom stereocenters. The van der Waals surface area contributed by atoms with Gasteiger partial charge in [-0.05, 0) is 62.1 Å². The first-order valence-electron chi connectivity index (χ1n) is 8.37. The van der Waals surface area contributed by atoms with Gasteiger partial charge in [-0.15, -0.1) is 0 Å². The molecule has 0 unspecified atom stereocenters. The summed E-state index contributed by atoms with van der Waals surface area (Å²) in [7, 11) is -3.45. The van der Waals surface area contributed by atoms with Crippen molar-refractivity contribution in [1.29, 1.82) is 0 Å². The van der Waals surface area contributed by atoms with Gasteiger partial charge in [0.15, 0.2) is 0 Å². The van der Waals surface area contributed by atoms with Crippen LogP contribution in [0.15, 0.2) is 47.4 Å². The number of carbonyl (C=O) groups excluding carboxylic acids is 1. The number of sulfonamides is 1. The van der Waals surface area contributed by atoms with E-state index in [4.69, 9.17) is 0 Å². The molecular formula is C19H22N2O3S. The van der Waals surface area contributed by atoms with E-state index in [1.54, 1.807) is 12.1 Å². The molecule has 5 nitrogen and oxygen atoms in total. The quantitative estimate of drug-likeness (QED) is 0.911. The van der Waals surface area contributed by atoms with Crippen LogP contribution in [-0.2, 0) is 10.0 Å². The lowest BCUT2D eigenvalue weighted by Gasteiger charge is -2.16. The van der Waals surface area contributed by atoms with Crippen LogP contribution in [0.3, 0.4) is 0 Å². The molecule has 0 spiro atoms. The molecule has 2 aromatic rings. The fourth-order valence-electron chi connectivity index (χ4n) is 3.05. The monoisotopic (exact) mass is 358 g/mol. The van der Waals surface area contributed by atoms with E-state index < -0.39 is 10.0 Å². The van der Waals surface area contributed by atoms with E-state index in [1.165, 1.54) is 16.4 Å².